The van der Waals surface area contributed by atoms with E-state index in [4.69, 9.17) is 0 Å². The number of nitrogens with zero attached hydrogens (tertiary/aromatic N) is 1. The second-order valence-electron chi connectivity index (χ2n) is 6.08. The van der Waals surface area contributed by atoms with Crippen LogP contribution in [0.25, 0.3) is 0 Å². The van der Waals surface area contributed by atoms with Gasteiger partial charge in [-0.3, -0.25) is 9.69 Å². The van der Waals surface area contributed by atoms with Crippen molar-refractivity contribution in [3.05, 3.63) is 22.4 Å². The second kappa shape index (κ2) is 5.25. The van der Waals surface area contributed by atoms with Gasteiger partial charge in [-0.25, -0.2) is 0 Å². The van der Waals surface area contributed by atoms with E-state index in [2.05, 4.69) is 4.90 Å². The standard InChI is InChI=1S/C15H21NO2S/c17-14(18)13(12-6-5-9-19-12)16-10-15(11-16)7-3-1-2-4-8-15/h5-6,9,13H,1-4,7-8,10-11H2,(H,17,18). The maximum atomic E-state index is 11.5. The molecule has 4 heteroatoms. The Balaban J connectivity index is 1.69. The van der Waals surface area contributed by atoms with E-state index in [1.807, 2.05) is 17.5 Å². The summed E-state index contributed by atoms with van der Waals surface area (Å²) in [6.45, 7) is 1.95. The molecule has 3 rings (SSSR count). The van der Waals surface area contributed by atoms with Gasteiger partial charge >= 0.3 is 5.97 Å². The van der Waals surface area contributed by atoms with Crippen molar-refractivity contribution < 1.29 is 9.90 Å². The van der Waals surface area contributed by atoms with Gasteiger partial charge in [-0.05, 0) is 29.7 Å². The molecule has 104 valence electrons. The molecule has 1 saturated heterocycles. The lowest BCUT2D eigenvalue weighted by Crippen LogP contribution is -2.58. The van der Waals surface area contributed by atoms with Crippen LogP contribution in [0.4, 0.5) is 0 Å². The first kappa shape index (κ1) is 13.1. The Hall–Kier alpha value is -0.870. The topological polar surface area (TPSA) is 40.5 Å². The molecule has 1 spiro atoms. The smallest absolute Gasteiger partial charge is 0.326 e. The van der Waals surface area contributed by atoms with Gasteiger partial charge in [0.05, 0.1) is 0 Å². The summed E-state index contributed by atoms with van der Waals surface area (Å²) in [6, 6.07) is 3.47. The van der Waals surface area contributed by atoms with Crippen LogP contribution in [-0.2, 0) is 4.79 Å². The summed E-state index contributed by atoms with van der Waals surface area (Å²) in [6.07, 6.45) is 7.94. The Labute approximate surface area is 118 Å². The third-order valence-corrected chi connectivity index (χ3v) is 5.58. The summed E-state index contributed by atoms with van der Waals surface area (Å²) >= 11 is 1.55. The molecule has 1 N–H and O–H groups in total. The minimum absolute atomic E-state index is 0.422. The highest BCUT2D eigenvalue weighted by molar-refractivity contribution is 7.10. The van der Waals surface area contributed by atoms with Crippen molar-refractivity contribution in [3.63, 3.8) is 0 Å². The third-order valence-electron chi connectivity index (χ3n) is 4.65. The molecule has 1 aromatic rings. The maximum absolute atomic E-state index is 11.5. The van der Waals surface area contributed by atoms with E-state index in [0.29, 0.717) is 5.41 Å². The molecular formula is C15H21NO2S. The Kier molecular flexibility index (Phi) is 3.63. The zero-order valence-electron chi connectivity index (χ0n) is 11.2. The predicted molar refractivity (Wildman–Crippen MR) is 76.4 cm³/mol. The first-order valence-corrected chi connectivity index (χ1v) is 8.08. The van der Waals surface area contributed by atoms with Crippen molar-refractivity contribution >= 4 is 17.3 Å². The molecule has 1 aromatic heterocycles. The first-order valence-electron chi connectivity index (χ1n) is 7.21. The molecule has 1 saturated carbocycles. The van der Waals surface area contributed by atoms with E-state index in [1.54, 1.807) is 11.3 Å². The number of carbonyl (C=O) groups is 1. The van der Waals surface area contributed by atoms with Gasteiger partial charge in [0.15, 0.2) is 0 Å². The van der Waals surface area contributed by atoms with Crippen LogP contribution in [0.5, 0.6) is 0 Å². The molecule has 1 aliphatic carbocycles. The second-order valence-corrected chi connectivity index (χ2v) is 7.05. The fourth-order valence-corrected chi connectivity index (χ4v) is 4.55. The number of carboxylic acid groups (broad SMARTS) is 1. The minimum atomic E-state index is -0.703. The van der Waals surface area contributed by atoms with E-state index in [-0.39, 0.29) is 0 Å². The van der Waals surface area contributed by atoms with Crippen LogP contribution >= 0.6 is 11.3 Å². The van der Waals surface area contributed by atoms with Gasteiger partial charge in [0.1, 0.15) is 6.04 Å². The average Bonchev–Trinajstić information content (AvgIpc) is 2.72. The molecule has 3 nitrogen and oxygen atoms in total. The summed E-state index contributed by atoms with van der Waals surface area (Å²) in [7, 11) is 0. The van der Waals surface area contributed by atoms with Crippen molar-refractivity contribution in [2.45, 2.75) is 44.6 Å². The lowest BCUT2D eigenvalue weighted by Gasteiger charge is -2.52. The van der Waals surface area contributed by atoms with Crippen LogP contribution in [0.15, 0.2) is 17.5 Å². The van der Waals surface area contributed by atoms with Gasteiger partial charge in [-0.1, -0.05) is 31.7 Å². The van der Waals surface area contributed by atoms with E-state index >= 15 is 0 Å². The number of hydrogen-bond acceptors (Lipinski definition) is 3. The highest BCUT2D eigenvalue weighted by Gasteiger charge is 2.47. The molecule has 0 radical (unpaired) electrons. The van der Waals surface area contributed by atoms with Crippen molar-refractivity contribution in [1.29, 1.82) is 0 Å². The van der Waals surface area contributed by atoms with Crippen LogP contribution < -0.4 is 0 Å². The zero-order chi connectivity index (χ0) is 13.3. The predicted octanol–water partition coefficient (Wildman–Crippen LogP) is 3.53. The number of hydrogen-bond donors (Lipinski definition) is 1. The van der Waals surface area contributed by atoms with Crippen molar-refractivity contribution in [3.8, 4) is 0 Å². The molecule has 2 fully saturated rings. The molecular weight excluding hydrogens is 258 g/mol. The van der Waals surface area contributed by atoms with Gasteiger partial charge in [0.2, 0.25) is 0 Å². The number of rotatable bonds is 3. The van der Waals surface area contributed by atoms with Gasteiger partial charge < -0.3 is 5.11 Å². The van der Waals surface area contributed by atoms with Crippen LogP contribution in [0.2, 0.25) is 0 Å². The van der Waals surface area contributed by atoms with E-state index < -0.39 is 12.0 Å². The van der Waals surface area contributed by atoms with Crippen LogP contribution in [-0.4, -0.2) is 29.1 Å². The SMILES string of the molecule is O=C(O)C(c1cccs1)N1CC2(CCCCCC2)C1. The zero-order valence-corrected chi connectivity index (χ0v) is 12.0. The quantitative estimate of drug-likeness (QED) is 0.920. The Bertz CT molecular complexity index is 427. The molecule has 1 atom stereocenters. The number of carboxylic acids is 1. The molecule has 2 heterocycles. The van der Waals surface area contributed by atoms with Gasteiger partial charge in [-0.2, -0.15) is 0 Å². The lowest BCUT2D eigenvalue weighted by atomic mass is 9.73. The normalized spacial score (nSPS) is 24.6. The summed E-state index contributed by atoms with van der Waals surface area (Å²) < 4.78 is 0. The Morgan fingerprint density at radius 3 is 2.47 bits per heavy atom. The highest BCUT2D eigenvalue weighted by Crippen LogP contribution is 2.46. The molecule has 0 bridgehead atoms. The highest BCUT2D eigenvalue weighted by atomic mass is 32.1. The summed E-state index contributed by atoms with van der Waals surface area (Å²) in [5.74, 6) is -0.703. The van der Waals surface area contributed by atoms with Gasteiger partial charge in [0.25, 0.3) is 0 Å². The van der Waals surface area contributed by atoms with Crippen molar-refractivity contribution in [1.82, 2.24) is 4.90 Å². The van der Waals surface area contributed by atoms with Gasteiger partial charge in [0, 0.05) is 18.0 Å². The summed E-state index contributed by atoms with van der Waals surface area (Å²) in [5.41, 5.74) is 0.432. The fraction of sp³-hybridized carbons (Fsp3) is 0.667. The monoisotopic (exact) mass is 279 g/mol. The Morgan fingerprint density at radius 2 is 1.95 bits per heavy atom. The lowest BCUT2D eigenvalue weighted by molar-refractivity contribution is -0.150. The third kappa shape index (κ3) is 2.56. The molecule has 0 aromatic carbocycles. The van der Waals surface area contributed by atoms with Crippen LogP contribution in [0.1, 0.15) is 49.4 Å². The van der Waals surface area contributed by atoms with Crippen LogP contribution in [0, 0.1) is 5.41 Å². The first-order chi connectivity index (χ1) is 9.20. The molecule has 2 aliphatic rings. The van der Waals surface area contributed by atoms with Gasteiger partial charge in [-0.15, -0.1) is 11.3 Å². The fourth-order valence-electron chi connectivity index (χ4n) is 3.70. The molecule has 19 heavy (non-hydrogen) atoms. The molecule has 1 aliphatic heterocycles. The van der Waals surface area contributed by atoms with Crippen LogP contribution in [0.3, 0.4) is 0 Å². The minimum Gasteiger partial charge on any atom is -0.480 e. The van der Waals surface area contributed by atoms with Crippen molar-refractivity contribution in [2.24, 2.45) is 5.41 Å². The number of thiophene rings is 1. The largest absolute Gasteiger partial charge is 0.480 e. The average molecular weight is 279 g/mol. The van der Waals surface area contributed by atoms with E-state index in [9.17, 15) is 9.90 Å². The van der Waals surface area contributed by atoms with Crippen molar-refractivity contribution in [2.75, 3.05) is 13.1 Å². The van der Waals surface area contributed by atoms with E-state index in [1.165, 1.54) is 38.5 Å². The number of aliphatic carboxylic acids is 1. The summed E-state index contributed by atoms with van der Waals surface area (Å²) in [5, 5.41) is 11.5. The Morgan fingerprint density at radius 1 is 1.26 bits per heavy atom. The van der Waals surface area contributed by atoms with E-state index in [0.717, 1.165) is 18.0 Å². The summed E-state index contributed by atoms with van der Waals surface area (Å²) in [4.78, 5) is 14.7. The molecule has 0 amide bonds. The maximum Gasteiger partial charge on any atom is 0.326 e. The molecule has 1 unspecified atom stereocenters. The number of likely N-dealkylation sites (tertiary alicyclic amines) is 1.